The summed E-state index contributed by atoms with van der Waals surface area (Å²) in [6.45, 7) is 0. The van der Waals surface area contributed by atoms with E-state index in [0.717, 1.165) is 6.29 Å². The molecule has 1 aromatic carbocycles. The molecule has 0 saturated carbocycles. The van der Waals surface area contributed by atoms with Gasteiger partial charge in [-0.2, -0.15) is 0 Å². The van der Waals surface area contributed by atoms with Crippen LogP contribution in [0.25, 0.3) is 5.69 Å². The zero-order chi connectivity index (χ0) is 10.8. The van der Waals surface area contributed by atoms with E-state index in [2.05, 4.69) is 0 Å². The van der Waals surface area contributed by atoms with Crippen LogP contribution in [-0.4, -0.2) is 10.9 Å². The van der Waals surface area contributed by atoms with Crippen LogP contribution in [-0.2, 0) is 0 Å². The molecule has 0 aliphatic rings. The Morgan fingerprint density at radius 1 is 1.13 bits per heavy atom. The van der Waals surface area contributed by atoms with E-state index in [1.54, 1.807) is 41.1 Å². The molecule has 0 aliphatic heterocycles. The number of rotatable bonds is 2. The van der Waals surface area contributed by atoms with Gasteiger partial charge in [0.1, 0.15) is 0 Å². The summed E-state index contributed by atoms with van der Waals surface area (Å²) in [6, 6.07) is 8.79. The first kappa shape index (κ1) is 10.3. The maximum absolute atomic E-state index is 10.8. The lowest BCUT2D eigenvalue weighted by molar-refractivity contribution is 0.111. The van der Waals surface area contributed by atoms with Crippen LogP contribution in [0.3, 0.4) is 0 Å². The third-order valence-electron chi connectivity index (χ3n) is 2.09. The highest BCUT2D eigenvalue weighted by Crippen LogP contribution is 2.29. The van der Waals surface area contributed by atoms with E-state index in [4.69, 9.17) is 23.2 Å². The number of hydrogen-bond acceptors (Lipinski definition) is 1. The van der Waals surface area contributed by atoms with Crippen molar-refractivity contribution in [3.63, 3.8) is 0 Å². The Morgan fingerprint density at radius 2 is 1.93 bits per heavy atom. The fourth-order valence-electron chi connectivity index (χ4n) is 1.39. The number of carbonyl (C=O) groups excluding carboxylic acids is 1. The summed E-state index contributed by atoms with van der Waals surface area (Å²) >= 11 is 11.9. The molecule has 0 spiro atoms. The van der Waals surface area contributed by atoms with Gasteiger partial charge in [0.15, 0.2) is 6.29 Å². The summed E-state index contributed by atoms with van der Waals surface area (Å²) in [5.41, 5.74) is 1.25. The van der Waals surface area contributed by atoms with Crippen LogP contribution < -0.4 is 0 Å². The van der Waals surface area contributed by atoms with E-state index in [1.807, 2.05) is 0 Å². The topological polar surface area (TPSA) is 22.0 Å². The Labute approximate surface area is 97.0 Å². The van der Waals surface area contributed by atoms with Crippen molar-refractivity contribution in [3.05, 3.63) is 52.3 Å². The van der Waals surface area contributed by atoms with Gasteiger partial charge in [-0.1, -0.05) is 29.3 Å². The maximum Gasteiger partial charge on any atom is 0.166 e. The van der Waals surface area contributed by atoms with Gasteiger partial charge in [0.05, 0.1) is 21.4 Å². The van der Waals surface area contributed by atoms with Crippen LogP contribution in [0.1, 0.15) is 10.5 Å². The van der Waals surface area contributed by atoms with Crippen LogP contribution in [0, 0.1) is 0 Å². The molecule has 0 saturated heterocycles. The second-order valence-corrected chi connectivity index (χ2v) is 3.78. The minimum atomic E-state index is 0.443. The number of halogens is 2. The first-order chi connectivity index (χ1) is 7.24. The minimum Gasteiger partial charge on any atom is -0.313 e. The lowest BCUT2D eigenvalue weighted by Crippen LogP contribution is -1.98. The number of aromatic nitrogens is 1. The normalized spacial score (nSPS) is 10.3. The second kappa shape index (κ2) is 4.09. The van der Waals surface area contributed by atoms with Gasteiger partial charge in [-0.3, -0.25) is 4.79 Å². The Hall–Kier alpha value is -1.25. The predicted molar refractivity (Wildman–Crippen MR) is 61.2 cm³/mol. The smallest absolute Gasteiger partial charge is 0.166 e. The van der Waals surface area contributed by atoms with Gasteiger partial charge in [-0.25, -0.2) is 0 Å². The molecule has 1 heterocycles. The summed E-state index contributed by atoms with van der Waals surface area (Å²) in [5.74, 6) is 0. The fraction of sp³-hybridized carbons (Fsp3) is 0. The molecular weight excluding hydrogens is 233 g/mol. The summed E-state index contributed by atoms with van der Waals surface area (Å²) < 4.78 is 1.70. The van der Waals surface area contributed by atoms with E-state index in [1.165, 1.54) is 0 Å². The molecule has 0 atom stereocenters. The average molecular weight is 240 g/mol. The molecule has 2 aromatic rings. The van der Waals surface area contributed by atoms with Crippen molar-refractivity contribution < 1.29 is 4.79 Å². The molecule has 15 heavy (non-hydrogen) atoms. The van der Waals surface area contributed by atoms with Gasteiger partial charge in [-0.05, 0) is 24.3 Å². The highest BCUT2D eigenvalue weighted by Gasteiger charge is 2.08. The molecular formula is C11H7Cl2NO. The van der Waals surface area contributed by atoms with Gasteiger partial charge < -0.3 is 4.57 Å². The van der Waals surface area contributed by atoms with Crippen LogP contribution in [0.2, 0.25) is 10.0 Å². The molecule has 0 unspecified atom stereocenters. The van der Waals surface area contributed by atoms with Crippen molar-refractivity contribution in [3.8, 4) is 5.69 Å². The Balaban J connectivity index is 2.64. The summed E-state index contributed by atoms with van der Waals surface area (Å²) in [6.07, 6.45) is 2.54. The van der Waals surface area contributed by atoms with Crippen molar-refractivity contribution in [1.82, 2.24) is 4.57 Å². The van der Waals surface area contributed by atoms with E-state index in [-0.39, 0.29) is 0 Å². The van der Waals surface area contributed by atoms with Crippen molar-refractivity contribution in [2.75, 3.05) is 0 Å². The molecule has 0 aliphatic carbocycles. The Morgan fingerprint density at radius 3 is 2.67 bits per heavy atom. The number of carbonyl (C=O) groups is 1. The molecule has 1 aromatic heterocycles. The highest BCUT2D eigenvalue weighted by atomic mass is 35.5. The van der Waals surface area contributed by atoms with Crippen molar-refractivity contribution in [2.45, 2.75) is 0 Å². The molecule has 2 nitrogen and oxygen atoms in total. The number of nitrogens with zero attached hydrogens (tertiary/aromatic N) is 1. The molecule has 76 valence electrons. The van der Waals surface area contributed by atoms with E-state index >= 15 is 0 Å². The number of benzene rings is 1. The van der Waals surface area contributed by atoms with Gasteiger partial charge >= 0.3 is 0 Å². The maximum atomic E-state index is 10.8. The summed E-state index contributed by atoms with van der Waals surface area (Å²) in [4.78, 5) is 10.8. The van der Waals surface area contributed by atoms with Gasteiger partial charge in [0.2, 0.25) is 0 Å². The molecule has 0 N–H and O–H groups in total. The lowest BCUT2D eigenvalue weighted by atomic mass is 10.3. The van der Waals surface area contributed by atoms with Crippen LogP contribution in [0.15, 0.2) is 36.5 Å². The van der Waals surface area contributed by atoms with Crippen molar-refractivity contribution >= 4 is 29.5 Å². The monoisotopic (exact) mass is 239 g/mol. The number of hydrogen-bond donors (Lipinski definition) is 0. The van der Waals surface area contributed by atoms with Crippen molar-refractivity contribution in [1.29, 1.82) is 0 Å². The van der Waals surface area contributed by atoms with Crippen LogP contribution in [0.5, 0.6) is 0 Å². The van der Waals surface area contributed by atoms with Crippen LogP contribution in [0.4, 0.5) is 0 Å². The predicted octanol–water partition coefficient (Wildman–Crippen LogP) is 3.60. The van der Waals surface area contributed by atoms with Gasteiger partial charge in [0.25, 0.3) is 0 Å². The SMILES string of the molecule is O=Cc1cccn1-c1cccc(Cl)c1Cl. The fourth-order valence-corrected chi connectivity index (χ4v) is 1.77. The molecule has 2 rings (SSSR count). The van der Waals surface area contributed by atoms with E-state index < -0.39 is 0 Å². The van der Waals surface area contributed by atoms with Crippen LogP contribution >= 0.6 is 23.2 Å². The third kappa shape index (κ3) is 1.78. The minimum absolute atomic E-state index is 0.443. The standard InChI is InChI=1S/C11H7Cl2NO/c12-9-4-1-5-10(11(9)13)14-6-2-3-8(14)7-15/h1-7H. The molecule has 0 bridgehead atoms. The Kier molecular flexibility index (Phi) is 2.80. The zero-order valence-corrected chi connectivity index (χ0v) is 9.16. The van der Waals surface area contributed by atoms with E-state index in [0.29, 0.717) is 21.4 Å². The number of aldehydes is 1. The largest absolute Gasteiger partial charge is 0.313 e. The van der Waals surface area contributed by atoms with Crippen molar-refractivity contribution in [2.24, 2.45) is 0 Å². The quantitative estimate of drug-likeness (QED) is 0.735. The van der Waals surface area contributed by atoms with E-state index in [9.17, 15) is 4.79 Å². The third-order valence-corrected chi connectivity index (χ3v) is 2.90. The molecule has 0 radical (unpaired) electrons. The molecule has 0 fully saturated rings. The summed E-state index contributed by atoms with van der Waals surface area (Å²) in [7, 11) is 0. The average Bonchev–Trinajstić information content (AvgIpc) is 2.70. The van der Waals surface area contributed by atoms with Gasteiger partial charge in [0, 0.05) is 6.20 Å². The first-order valence-corrected chi connectivity index (χ1v) is 5.06. The van der Waals surface area contributed by atoms with Gasteiger partial charge in [-0.15, -0.1) is 0 Å². The molecule has 4 heteroatoms. The zero-order valence-electron chi connectivity index (χ0n) is 7.65. The Bertz CT molecular complexity index is 505. The highest BCUT2D eigenvalue weighted by molar-refractivity contribution is 6.43. The second-order valence-electron chi connectivity index (χ2n) is 2.99. The summed E-state index contributed by atoms with van der Waals surface area (Å²) in [5, 5.41) is 0.915. The first-order valence-electron chi connectivity index (χ1n) is 4.31. The molecule has 0 amide bonds. The lowest BCUT2D eigenvalue weighted by Gasteiger charge is -2.08.